The van der Waals surface area contributed by atoms with Crippen LogP contribution in [0.25, 0.3) is 0 Å². The number of carbonyl (C=O) groups is 2. The predicted octanol–water partition coefficient (Wildman–Crippen LogP) is 4.46. The lowest BCUT2D eigenvalue weighted by atomic mass is 10.00. The van der Waals surface area contributed by atoms with Gasteiger partial charge >= 0.3 is 11.9 Å². The lowest BCUT2D eigenvalue weighted by Gasteiger charge is -2.16. The lowest BCUT2D eigenvalue weighted by molar-refractivity contribution is -0.349. The molecule has 0 aromatic heterocycles. The Labute approximate surface area is 169 Å². The van der Waals surface area contributed by atoms with Gasteiger partial charge in [-0.2, -0.15) is 9.78 Å². The van der Waals surface area contributed by atoms with Gasteiger partial charge in [-0.25, -0.2) is 9.59 Å². The zero-order valence-corrected chi connectivity index (χ0v) is 18.1. The summed E-state index contributed by atoms with van der Waals surface area (Å²) in [5.74, 6) is -1.31. The second-order valence-electron chi connectivity index (χ2n) is 6.63. The van der Waals surface area contributed by atoms with E-state index in [2.05, 4.69) is 13.8 Å². The fourth-order valence-corrected chi connectivity index (χ4v) is 2.17. The highest BCUT2D eigenvalue weighted by Crippen LogP contribution is 2.16. The Bertz CT molecular complexity index is 402. The van der Waals surface area contributed by atoms with Crippen molar-refractivity contribution in [3.8, 4) is 0 Å². The number of carbonyl (C=O) groups excluding carboxylic acids is 2. The lowest BCUT2D eigenvalue weighted by Crippen LogP contribution is -2.22. The Morgan fingerprint density at radius 3 is 1.82 bits per heavy atom. The molecule has 166 valence electrons. The molecule has 0 saturated carbocycles. The van der Waals surface area contributed by atoms with Crippen molar-refractivity contribution in [1.29, 1.82) is 0 Å². The molecule has 0 fully saturated rings. The third kappa shape index (κ3) is 14.8. The maximum atomic E-state index is 12.1. The van der Waals surface area contributed by atoms with Gasteiger partial charge in [0.05, 0.1) is 5.92 Å². The Balaban J connectivity index is 3.93. The van der Waals surface area contributed by atoms with Crippen LogP contribution in [0.15, 0.2) is 0 Å². The van der Waals surface area contributed by atoms with Crippen LogP contribution in [0.1, 0.15) is 86.0 Å². The van der Waals surface area contributed by atoms with Crippen molar-refractivity contribution >= 4 is 11.9 Å². The first-order valence-electron chi connectivity index (χ1n) is 10.4. The third-order valence-electron chi connectivity index (χ3n) is 4.00. The molecule has 0 aromatic rings. The molecule has 0 aromatic carbocycles. The van der Waals surface area contributed by atoms with Crippen LogP contribution < -0.4 is 0 Å². The van der Waals surface area contributed by atoms with Gasteiger partial charge < -0.3 is 9.47 Å². The second-order valence-corrected chi connectivity index (χ2v) is 6.63. The molecule has 0 saturated heterocycles. The first-order chi connectivity index (χ1) is 13.4. The quantitative estimate of drug-likeness (QED) is 0.143. The van der Waals surface area contributed by atoms with Gasteiger partial charge in [0.15, 0.2) is 12.6 Å². The minimum absolute atomic E-state index is 0.142. The van der Waals surface area contributed by atoms with Gasteiger partial charge in [0.25, 0.3) is 0 Å². The van der Waals surface area contributed by atoms with Crippen LogP contribution in [0.4, 0.5) is 0 Å². The van der Waals surface area contributed by atoms with Crippen molar-refractivity contribution in [2.24, 2.45) is 5.92 Å². The van der Waals surface area contributed by atoms with E-state index in [4.69, 9.17) is 29.0 Å². The summed E-state index contributed by atoms with van der Waals surface area (Å²) in [6.45, 7) is 10.4. The molecule has 0 spiro atoms. The number of rotatable bonds is 18. The monoisotopic (exact) mass is 406 g/mol. The van der Waals surface area contributed by atoms with Gasteiger partial charge in [0, 0.05) is 19.6 Å². The standard InChI is InChI=1S/C20H38O8/c1-6-9-14-23-16(4)25-27-19(21)13-11-12-18(8-3)20(22)28-26-17(5)24-15-10-7-2/h16-18H,6-15H2,1-5H3. The van der Waals surface area contributed by atoms with E-state index in [0.29, 0.717) is 32.5 Å². The number of hydrogen-bond acceptors (Lipinski definition) is 8. The summed E-state index contributed by atoms with van der Waals surface area (Å²) in [4.78, 5) is 43.2. The fraction of sp³-hybridized carbons (Fsp3) is 0.900. The number of hydrogen-bond donors (Lipinski definition) is 0. The predicted molar refractivity (Wildman–Crippen MR) is 103 cm³/mol. The first kappa shape index (κ1) is 26.8. The van der Waals surface area contributed by atoms with Gasteiger partial charge in [-0.05, 0) is 46.0 Å². The third-order valence-corrected chi connectivity index (χ3v) is 4.00. The van der Waals surface area contributed by atoms with Gasteiger partial charge in [0.1, 0.15) is 0 Å². The minimum atomic E-state index is -0.610. The van der Waals surface area contributed by atoms with E-state index in [0.717, 1.165) is 25.7 Å². The summed E-state index contributed by atoms with van der Waals surface area (Å²) in [5, 5.41) is 0. The normalized spacial score (nSPS) is 14.3. The molecule has 8 nitrogen and oxygen atoms in total. The molecular formula is C20H38O8. The van der Waals surface area contributed by atoms with Crippen molar-refractivity contribution in [3.63, 3.8) is 0 Å². The SMILES string of the molecule is CCCCOC(C)OOC(=O)CCCC(CC)C(=O)OOC(C)OCCCC. The van der Waals surface area contributed by atoms with Crippen LogP contribution in [0.2, 0.25) is 0 Å². The summed E-state index contributed by atoms with van der Waals surface area (Å²) >= 11 is 0. The molecule has 0 rings (SSSR count). The van der Waals surface area contributed by atoms with Gasteiger partial charge in [0.2, 0.25) is 0 Å². The van der Waals surface area contributed by atoms with E-state index in [1.165, 1.54) is 0 Å². The summed E-state index contributed by atoms with van der Waals surface area (Å²) in [6.07, 6.45) is 4.35. The van der Waals surface area contributed by atoms with Crippen molar-refractivity contribution in [2.75, 3.05) is 13.2 Å². The largest absolute Gasteiger partial charge is 0.349 e. The zero-order chi connectivity index (χ0) is 21.2. The van der Waals surface area contributed by atoms with Crippen molar-refractivity contribution < 1.29 is 38.6 Å². The van der Waals surface area contributed by atoms with Crippen molar-refractivity contribution in [3.05, 3.63) is 0 Å². The highest BCUT2D eigenvalue weighted by molar-refractivity contribution is 5.72. The summed E-state index contributed by atoms with van der Waals surface area (Å²) < 4.78 is 10.7. The summed E-state index contributed by atoms with van der Waals surface area (Å²) in [7, 11) is 0. The maximum absolute atomic E-state index is 12.1. The van der Waals surface area contributed by atoms with Crippen molar-refractivity contribution in [1.82, 2.24) is 0 Å². The molecule has 3 unspecified atom stereocenters. The molecule has 28 heavy (non-hydrogen) atoms. The van der Waals surface area contributed by atoms with Crippen molar-refractivity contribution in [2.45, 2.75) is 98.6 Å². The molecule has 0 heterocycles. The average Bonchev–Trinajstić information content (AvgIpc) is 2.68. The van der Waals surface area contributed by atoms with Crippen LogP contribution in [-0.4, -0.2) is 37.7 Å². The molecule has 0 radical (unpaired) electrons. The van der Waals surface area contributed by atoms with Crippen LogP contribution in [0.3, 0.4) is 0 Å². The van der Waals surface area contributed by atoms with Gasteiger partial charge in [-0.3, -0.25) is 9.78 Å². The van der Waals surface area contributed by atoms with Crippen LogP contribution in [0.5, 0.6) is 0 Å². The summed E-state index contributed by atoms with van der Waals surface area (Å²) in [5.41, 5.74) is 0. The molecule has 0 aliphatic rings. The Morgan fingerprint density at radius 2 is 1.32 bits per heavy atom. The number of ether oxygens (including phenoxy) is 2. The summed E-state index contributed by atoms with van der Waals surface area (Å²) in [6, 6.07) is 0. The van der Waals surface area contributed by atoms with Crippen LogP contribution in [0, 0.1) is 5.92 Å². The highest BCUT2D eigenvalue weighted by Gasteiger charge is 2.21. The topological polar surface area (TPSA) is 89.5 Å². The van der Waals surface area contributed by atoms with E-state index >= 15 is 0 Å². The molecule has 0 aliphatic heterocycles. The molecule has 0 N–H and O–H groups in total. The van der Waals surface area contributed by atoms with Crippen LogP contribution >= 0.6 is 0 Å². The Hall–Kier alpha value is -1.22. The fourth-order valence-electron chi connectivity index (χ4n) is 2.17. The van der Waals surface area contributed by atoms with E-state index in [9.17, 15) is 9.59 Å². The van der Waals surface area contributed by atoms with E-state index < -0.39 is 24.5 Å². The molecule has 0 amide bonds. The second kappa shape index (κ2) is 17.8. The molecule has 0 aliphatic carbocycles. The van der Waals surface area contributed by atoms with Gasteiger partial charge in [-0.15, -0.1) is 0 Å². The number of unbranched alkanes of at least 4 members (excludes halogenated alkanes) is 2. The smallest absolute Gasteiger partial charge is 0.345 e. The minimum Gasteiger partial charge on any atom is -0.349 e. The molecule has 8 heteroatoms. The Kier molecular flexibility index (Phi) is 17.1. The van der Waals surface area contributed by atoms with Crippen LogP contribution in [-0.2, 0) is 38.6 Å². The Morgan fingerprint density at radius 1 is 0.786 bits per heavy atom. The highest BCUT2D eigenvalue weighted by atomic mass is 17.2. The average molecular weight is 407 g/mol. The molecular weight excluding hydrogens is 368 g/mol. The maximum Gasteiger partial charge on any atom is 0.345 e. The molecule has 0 bridgehead atoms. The zero-order valence-electron chi connectivity index (χ0n) is 18.1. The first-order valence-corrected chi connectivity index (χ1v) is 10.4. The van der Waals surface area contributed by atoms with E-state index in [1.54, 1.807) is 13.8 Å². The van der Waals surface area contributed by atoms with E-state index in [1.807, 2.05) is 6.92 Å². The van der Waals surface area contributed by atoms with Gasteiger partial charge in [-0.1, -0.05) is 33.6 Å². The molecule has 3 atom stereocenters. The van der Waals surface area contributed by atoms with E-state index in [-0.39, 0.29) is 12.3 Å².